The van der Waals surface area contributed by atoms with E-state index in [2.05, 4.69) is 4.98 Å². The number of hydrogen-bond donors (Lipinski definition) is 1. The number of carbonyl (C=O) groups excluding carboxylic acids is 1. The molecule has 178 valence electrons. The van der Waals surface area contributed by atoms with Crippen LogP contribution in [-0.2, 0) is 21.4 Å². The van der Waals surface area contributed by atoms with Gasteiger partial charge in [-0.05, 0) is 47.9 Å². The molecule has 0 aliphatic carbocycles. The second kappa shape index (κ2) is 10.5. The van der Waals surface area contributed by atoms with Crippen molar-refractivity contribution in [2.45, 2.75) is 18.4 Å². The lowest BCUT2D eigenvalue weighted by Gasteiger charge is -2.12. The van der Waals surface area contributed by atoms with E-state index in [9.17, 15) is 13.2 Å². The van der Waals surface area contributed by atoms with Gasteiger partial charge in [0.1, 0.15) is 5.82 Å². The Morgan fingerprint density at radius 1 is 0.971 bits per heavy atom. The zero-order valence-electron chi connectivity index (χ0n) is 18.7. The minimum atomic E-state index is -3.98. The van der Waals surface area contributed by atoms with Crippen molar-refractivity contribution in [1.82, 2.24) is 14.3 Å². The third-order valence-corrected chi connectivity index (χ3v) is 7.32. The molecule has 0 unspecified atom stereocenters. The van der Waals surface area contributed by atoms with Gasteiger partial charge < -0.3 is 4.57 Å². The Bertz CT molecular complexity index is 1500. The summed E-state index contributed by atoms with van der Waals surface area (Å²) in [6, 6.07) is 23.4. The van der Waals surface area contributed by atoms with Crippen molar-refractivity contribution < 1.29 is 13.2 Å². The van der Waals surface area contributed by atoms with E-state index in [1.807, 2.05) is 53.3 Å². The van der Waals surface area contributed by atoms with Gasteiger partial charge in [-0.2, -0.15) is 0 Å². The van der Waals surface area contributed by atoms with Gasteiger partial charge in [-0.1, -0.05) is 83.9 Å². The number of aryl methyl sites for hydroxylation is 1. The summed E-state index contributed by atoms with van der Waals surface area (Å²) in [5.41, 5.74) is 3.35. The first-order chi connectivity index (χ1) is 16.7. The largest absolute Gasteiger partial charge is 0.323 e. The smallest absolute Gasteiger partial charge is 0.264 e. The molecule has 35 heavy (non-hydrogen) atoms. The van der Waals surface area contributed by atoms with Crippen molar-refractivity contribution in [3.05, 3.63) is 112 Å². The second-order valence-corrected chi connectivity index (χ2v) is 10.2. The predicted octanol–water partition coefficient (Wildman–Crippen LogP) is 5.73. The number of sulfonamides is 1. The van der Waals surface area contributed by atoms with Crippen molar-refractivity contribution in [1.29, 1.82) is 0 Å². The standard InChI is InChI=1S/C26H21Cl2N3O3S/c1-18-29-26(28)24(14-15-25(32)30-35(33,34)22-10-6-3-7-11-22)31(18)17-21-13-12-20(16-23(21)27)19-8-4-2-5-9-19/h2-16H,17H2,1H3,(H,30,32)/b15-14+. The number of benzene rings is 3. The van der Waals surface area contributed by atoms with Crippen molar-refractivity contribution in [3.8, 4) is 11.1 Å². The summed E-state index contributed by atoms with van der Waals surface area (Å²) in [7, 11) is -3.98. The zero-order valence-corrected chi connectivity index (χ0v) is 21.0. The normalized spacial score (nSPS) is 11.6. The van der Waals surface area contributed by atoms with Crippen molar-refractivity contribution in [3.63, 3.8) is 0 Å². The second-order valence-electron chi connectivity index (χ2n) is 7.71. The number of hydrogen-bond acceptors (Lipinski definition) is 4. The Morgan fingerprint density at radius 2 is 1.63 bits per heavy atom. The van der Waals surface area contributed by atoms with E-state index in [-0.39, 0.29) is 10.0 Å². The third kappa shape index (κ3) is 5.82. The molecule has 0 saturated carbocycles. The summed E-state index contributed by atoms with van der Waals surface area (Å²) in [6.07, 6.45) is 2.55. The summed E-state index contributed by atoms with van der Waals surface area (Å²) in [5, 5.41) is 0.770. The molecule has 4 aromatic rings. The molecule has 0 aliphatic heterocycles. The van der Waals surface area contributed by atoms with Crippen LogP contribution in [0.4, 0.5) is 0 Å². The highest BCUT2D eigenvalue weighted by atomic mass is 35.5. The highest BCUT2D eigenvalue weighted by Gasteiger charge is 2.17. The van der Waals surface area contributed by atoms with Gasteiger partial charge in [0, 0.05) is 11.1 Å². The van der Waals surface area contributed by atoms with Crippen molar-refractivity contribution in [2.75, 3.05) is 0 Å². The Hall–Kier alpha value is -3.39. The highest BCUT2D eigenvalue weighted by molar-refractivity contribution is 7.90. The van der Waals surface area contributed by atoms with E-state index in [1.54, 1.807) is 29.7 Å². The molecule has 0 aliphatic rings. The van der Waals surface area contributed by atoms with Gasteiger partial charge in [-0.3, -0.25) is 4.79 Å². The van der Waals surface area contributed by atoms with Crippen LogP contribution in [0.15, 0.2) is 89.8 Å². The van der Waals surface area contributed by atoms with Crippen LogP contribution in [0.1, 0.15) is 17.1 Å². The number of halogens is 2. The first kappa shape index (κ1) is 24.7. The van der Waals surface area contributed by atoms with Crippen LogP contribution in [0.5, 0.6) is 0 Å². The molecule has 9 heteroatoms. The molecule has 1 N–H and O–H groups in total. The summed E-state index contributed by atoms with van der Waals surface area (Å²) in [4.78, 5) is 16.6. The molecule has 4 rings (SSSR count). The maximum Gasteiger partial charge on any atom is 0.264 e. The molecule has 0 radical (unpaired) electrons. The van der Waals surface area contributed by atoms with Crippen molar-refractivity contribution in [2.24, 2.45) is 0 Å². The Labute approximate surface area is 213 Å². The lowest BCUT2D eigenvalue weighted by molar-refractivity contribution is -0.114. The summed E-state index contributed by atoms with van der Waals surface area (Å²) < 4.78 is 28.6. The fourth-order valence-corrected chi connectivity index (χ4v) is 5.03. The molecule has 0 atom stereocenters. The van der Waals surface area contributed by atoms with Gasteiger partial charge >= 0.3 is 0 Å². The molecule has 0 bridgehead atoms. The quantitative estimate of drug-likeness (QED) is 0.312. The molecule has 6 nitrogen and oxygen atoms in total. The first-order valence-electron chi connectivity index (χ1n) is 10.6. The number of carbonyl (C=O) groups is 1. The van der Waals surface area contributed by atoms with Gasteiger partial charge in [0.2, 0.25) is 0 Å². The Balaban J connectivity index is 1.55. The molecule has 0 spiro atoms. The van der Waals surface area contributed by atoms with E-state index in [0.29, 0.717) is 23.1 Å². The number of nitrogens with zero attached hydrogens (tertiary/aromatic N) is 2. The van der Waals surface area contributed by atoms with Crippen LogP contribution in [0.25, 0.3) is 17.2 Å². The van der Waals surface area contributed by atoms with Crippen LogP contribution < -0.4 is 4.72 Å². The van der Waals surface area contributed by atoms with Crippen LogP contribution in [0.2, 0.25) is 10.2 Å². The van der Waals surface area contributed by atoms with Gasteiger partial charge in [0.05, 0.1) is 17.1 Å². The number of aromatic nitrogens is 2. The molecule has 1 amide bonds. The van der Waals surface area contributed by atoms with Crippen LogP contribution in [0.3, 0.4) is 0 Å². The molecule has 1 heterocycles. The van der Waals surface area contributed by atoms with E-state index in [0.717, 1.165) is 22.8 Å². The van der Waals surface area contributed by atoms with Gasteiger partial charge in [-0.15, -0.1) is 0 Å². The average Bonchev–Trinajstić information content (AvgIpc) is 3.11. The third-order valence-electron chi connectivity index (χ3n) is 5.32. The lowest BCUT2D eigenvalue weighted by Crippen LogP contribution is -2.28. The minimum absolute atomic E-state index is 0.00531. The predicted molar refractivity (Wildman–Crippen MR) is 139 cm³/mol. The number of nitrogens with one attached hydrogen (secondary N) is 1. The number of imidazole rings is 1. The van der Waals surface area contributed by atoms with E-state index >= 15 is 0 Å². The Morgan fingerprint density at radius 3 is 2.29 bits per heavy atom. The van der Waals surface area contributed by atoms with Crippen LogP contribution in [-0.4, -0.2) is 23.9 Å². The monoisotopic (exact) mass is 525 g/mol. The van der Waals surface area contributed by atoms with E-state index in [4.69, 9.17) is 23.2 Å². The SMILES string of the molecule is Cc1nc(Cl)c(/C=C/C(=O)NS(=O)(=O)c2ccccc2)n1Cc1ccc(-c2ccccc2)cc1Cl. The zero-order chi connectivity index (χ0) is 25.0. The molecule has 1 aromatic heterocycles. The van der Waals surface area contributed by atoms with Gasteiger partial charge in [0.15, 0.2) is 5.15 Å². The number of rotatable bonds is 7. The Kier molecular flexibility index (Phi) is 7.40. The lowest BCUT2D eigenvalue weighted by atomic mass is 10.0. The van der Waals surface area contributed by atoms with Crippen LogP contribution in [0, 0.1) is 6.92 Å². The topological polar surface area (TPSA) is 81.1 Å². The minimum Gasteiger partial charge on any atom is -0.323 e. The van der Waals surface area contributed by atoms with E-state index < -0.39 is 15.9 Å². The van der Waals surface area contributed by atoms with Gasteiger partial charge in [0.25, 0.3) is 15.9 Å². The maximum absolute atomic E-state index is 12.4. The van der Waals surface area contributed by atoms with Crippen LogP contribution >= 0.6 is 23.2 Å². The van der Waals surface area contributed by atoms with Crippen molar-refractivity contribution >= 4 is 45.2 Å². The average molecular weight is 526 g/mol. The fraction of sp³-hybridized carbons (Fsp3) is 0.0769. The summed E-state index contributed by atoms with van der Waals surface area (Å²) in [6.45, 7) is 2.15. The maximum atomic E-state index is 12.4. The number of amides is 1. The first-order valence-corrected chi connectivity index (χ1v) is 12.8. The molecule has 3 aromatic carbocycles. The molecule has 0 saturated heterocycles. The molecular weight excluding hydrogens is 505 g/mol. The molecule has 0 fully saturated rings. The fourth-order valence-electron chi connectivity index (χ4n) is 3.54. The summed E-state index contributed by atoms with van der Waals surface area (Å²) >= 11 is 12.9. The van der Waals surface area contributed by atoms with E-state index in [1.165, 1.54) is 18.2 Å². The highest BCUT2D eigenvalue weighted by Crippen LogP contribution is 2.28. The summed E-state index contributed by atoms with van der Waals surface area (Å²) in [5.74, 6) is -0.185. The van der Waals surface area contributed by atoms with Gasteiger partial charge in [-0.25, -0.2) is 18.1 Å². The molecular formula is C26H21Cl2N3O3S.